The van der Waals surface area contributed by atoms with Crippen LogP contribution in [0.4, 0.5) is 0 Å². The highest BCUT2D eigenvalue weighted by Crippen LogP contribution is 2.30. The van der Waals surface area contributed by atoms with E-state index in [4.69, 9.17) is 14.3 Å². The van der Waals surface area contributed by atoms with Crippen LogP contribution in [-0.4, -0.2) is 135 Å². The Morgan fingerprint density at radius 3 is 2.02 bits per heavy atom. The van der Waals surface area contributed by atoms with Crippen LogP contribution in [0.15, 0.2) is 30.3 Å². The molecule has 2 heterocycles. The van der Waals surface area contributed by atoms with Crippen LogP contribution in [0.2, 0.25) is 0 Å². The molecule has 0 bridgehead atoms. The Kier molecular flexibility index (Phi) is 19.6. The van der Waals surface area contributed by atoms with E-state index in [1.165, 1.54) is 5.06 Å². The van der Waals surface area contributed by atoms with Crippen LogP contribution in [0.5, 0.6) is 0 Å². The van der Waals surface area contributed by atoms with Gasteiger partial charge in [-0.3, -0.25) is 28.8 Å². The number of hydrogen-bond donors (Lipinski definition) is 3. The van der Waals surface area contributed by atoms with Gasteiger partial charge < -0.3 is 35.2 Å². The van der Waals surface area contributed by atoms with E-state index in [-0.39, 0.29) is 59.6 Å². The van der Waals surface area contributed by atoms with Gasteiger partial charge in [-0.25, -0.2) is 5.06 Å². The van der Waals surface area contributed by atoms with E-state index >= 15 is 0 Å². The van der Waals surface area contributed by atoms with E-state index in [0.717, 1.165) is 31.2 Å². The first-order valence-corrected chi connectivity index (χ1v) is 21.4. The van der Waals surface area contributed by atoms with Gasteiger partial charge in [-0.15, -0.1) is 0 Å². The lowest BCUT2D eigenvalue weighted by molar-refractivity contribution is -0.200. The van der Waals surface area contributed by atoms with Crippen LogP contribution < -0.4 is 16.0 Å². The fourth-order valence-corrected chi connectivity index (χ4v) is 8.61. The molecular formula is C44H74N6O8. The first-order valence-electron chi connectivity index (χ1n) is 21.4. The second-order valence-corrected chi connectivity index (χ2v) is 17.0. The lowest BCUT2D eigenvalue weighted by Gasteiger charge is -2.41. The van der Waals surface area contributed by atoms with Crippen LogP contribution >= 0.6 is 0 Å². The molecule has 0 radical (unpaired) electrons. The molecule has 0 aromatic heterocycles. The van der Waals surface area contributed by atoms with Crippen LogP contribution in [0.1, 0.15) is 105 Å². The van der Waals surface area contributed by atoms with Crippen LogP contribution in [-0.2, 0) is 38.3 Å². The zero-order chi connectivity index (χ0) is 43.3. The maximum Gasteiger partial charge on any atom is 0.269 e. The summed E-state index contributed by atoms with van der Waals surface area (Å²) in [5.74, 6) is -2.54. The summed E-state index contributed by atoms with van der Waals surface area (Å²) in [6.07, 6.45) is 2.48. The molecule has 14 nitrogen and oxygen atoms in total. The average molecular weight is 815 g/mol. The minimum Gasteiger partial charge on any atom is -0.379 e. The molecule has 14 heteroatoms. The Balaban J connectivity index is 1.82. The average Bonchev–Trinajstić information content (AvgIpc) is 3.71. The van der Waals surface area contributed by atoms with Crippen LogP contribution in [0.3, 0.4) is 0 Å². The normalized spacial score (nSPS) is 20.7. The predicted molar refractivity (Wildman–Crippen MR) is 224 cm³/mol. The lowest BCUT2D eigenvalue weighted by Crippen LogP contribution is -2.59. The van der Waals surface area contributed by atoms with Crippen molar-refractivity contribution in [1.29, 1.82) is 0 Å². The summed E-state index contributed by atoms with van der Waals surface area (Å²) in [4.78, 5) is 79.0. The number of ether oxygens (including phenoxy) is 2. The number of nitrogens with one attached hydrogen (secondary N) is 3. The van der Waals surface area contributed by atoms with Crippen molar-refractivity contribution >= 4 is 29.5 Å². The molecule has 2 aliphatic rings. The Morgan fingerprint density at radius 2 is 1.48 bits per heavy atom. The topological polar surface area (TPSA) is 159 Å². The molecule has 1 aromatic rings. The van der Waals surface area contributed by atoms with Gasteiger partial charge in [-0.1, -0.05) is 92.1 Å². The number of methoxy groups -OCH3 is 2. The van der Waals surface area contributed by atoms with Crippen molar-refractivity contribution in [3.05, 3.63) is 35.9 Å². The quantitative estimate of drug-likeness (QED) is 0.166. The Morgan fingerprint density at radius 1 is 0.845 bits per heavy atom. The van der Waals surface area contributed by atoms with Crippen LogP contribution in [0.25, 0.3) is 0 Å². The molecule has 3 N–H and O–H groups in total. The van der Waals surface area contributed by atoms with E-state index in [9.17, 15) is 24.0 Å². The third kappa shape index (κ3) is 12.2. The fourth-order valence-electron chi connectivity index (χ4n) is 8.61. The van der Waals surface area contributed by atoms with Gasteiger partial charge in [0.05, 0.1) is 49.3 Å². The SMILES string of the molecule is CC[C@H](C)[C@@H]([C@@H](CC(=O)N1CCC[C@H]1[C@H](OC)[C@@H](C)C(=O)NC(C(=O)N1CCCCO1)[C@@H](C)c1ccccc1)OC)N(C)C(=O)[C@@H](NC(=O)[C@@H](NC)C(C)C)C(C)C. The van der Waals surface area contributed by atoms with Crippen molar-refractivity contribution in [3.8, 4) is 0 Å². The van der Waals surface area contributed by atoms with Gasteiger partial charge in [0.2, 0.25) is 23.6 Å². The van der Waals surface area contributed by atoms with E-state index in [0.29, 0.717) is 26.1 Å². The zero-order valence-corrected chi connectivity index (χ0v) is 37.3. The van der Waals surface area contributed by atoms with Crippen molar-refractivity contribution in [2.75, 3.05) is 48.0 Å². The monoisotopic (exact) mass is 815 g/mol. The zero-order valence-electron chi connectivity index (χ0n) is 37.3. The van der Waals surface area contributed by atoms with Gasteiger partial charge in [0.25, 0.3) is 5.91 Å². The number of carbonyl (C=O) groups excluding carboxylic acids is 5. The van der Waals surface area contributed by atoms with Gasteiger partial charge >= 0.3 is 0 Å². The Labute approximate surface area is 347 Å². The number of hydroxylamine groups is 2. The maximum atomic E-state index is 14.4. The molecule has 58 heavy (non-hydrogen) atoms. The highest BCUT2D eigenvalue weighted by molar-refractivity contribution is 5.91. The third-order valence-electron chi connectivity index (χ3n) is 12.4. The number of amides is 5. The molecule has 2 fully saturated rings. The molecule has 328 valence electrons. The molecule has 0 aliphatic carbocycles. The number of nitrogens with zero attached hydrogens (tertiary/aromatic N) is 3. The minimum atomic E-state index is -0.877. The molecule has 5 amide bonds. The summed E-state index contributed by atoms with van der Waals surface area (Å²) in [6.45, 7) is 16.9. The Hall–Kier alpha value is -3.59. The molecule has 1 unspecified atom stereocenters. The van der Waals surface area contributed by atoms with E-state index in [1.54, 1.807) is 45.0 Å². The minimum absolute atomic E-state index is 0.00548. The molecule has 3 rings (SSSR count). The predicted octanol–water partition coefficient (Wildman–Crippen LogP) is 4.13. The van der Waals surface area contributed by atoms with E-state index in [2.05, 4.69) is 16.0 Å². The van der Waals surface area contributed by atoms with Gasteiger partial charge in [-0.2, -0.15) is 0 Å². The maximum absolute atomic E-state index is 14.4. The van der Waals surface area contributed by atoms with E-state index < -0.39 is 48.3 Å². The first kappa shape index (κ1) is 48.8. The third-order valence-corrected chi connectivity index (χ3v) is 12.4. The van der Waals surface area contributed by atoms with Crippen molar-refractivity contribution in [3.63, 3.8) is 0 Å². The molecule has 1 aromatic carbocycles. The highest BCUT2D eigenvalue weighted by atomic mass is 16.7. The first-order chi connectivity index (χ1) is 27.5. The van der Waals surface area contributed by atoms with Gasteiger partial charge in [0.15, 0.2) is 0 Å². The molecule has 2 saturated heterocycles. The molecule has 2 aliphatic heterocycles. The number of likely N-dealkylation sites (tertiary alicyclic amines) is 1. The molecular weight excluding hydrogens is 741 g/mol. The number of hydrogen-bond acceptors (Lipinski definition) is 9. The van der Waals surface area contributed by atoms with Gasteiger partial charge in [0, 0.05) is 40.3 Å². The summed E-state index contributed by atoms with van der Waals surface area (Å²) >= 11 is 0. The standard InChI is InChI=1S/C44H74N6O8/c1-13-29(6)39(48(10)43(54)37(28(4)5)46-42(53)36(45-9)27(2)3)34(56-11)26-35(51)49-23-19-22-33(49)40(57-12)31(8)41(52)47-38(30(7)32-20-15-14-16-21-32)44(55)50-24-17-18-25-58-50/h14-16,20-21,27-31,33-34,36-40,45H,13,17-19,22-26H2,1-12H3,(H,46,53)(H,47,52)/t29-,30-,31+,33-,34+,36-,37-,38?,39-,40+/m0/s1. The summed E-state index contributed by atoms with van der Waals surface area (Å²) in [5.41, 5.74) is 0.912. The smallest absolute Gasteiger partial charge is 0.269 e. The molecule has 10 atom stereocenters. The molecule has 0 saturated carbocycles. The lowest BCUT2D eigenvalue weighted by atomic mass is 9.89. The van der Waals surface area contributed by atoms with Crippen molar-refractivity contribution in [1.82, 2.24) is 30.8 Å². The summed E-state index contributed by atoms with van der Waals surface area (Å²) in [7, 11) is 6.56. The van der Waals surface area contributed by atoms with Gasteiger partial charge in [0.1, 0.15) is 12.1 Å². The van der Waals surface area contributed by atoms with Crippen molar-refractivity contribution in [2.45, 2.75) is 142 Å². The fraction of sp³-hybridized carbons (Fsp3) is 0.750. The van der Waals surface area contributed by atoms with Gasteiger partial charge in [-0.05, 0) is 56.0 Å². The van der Waals surface area contributed by atoms with Crippen LogP contribution in [0, 0.1) is 23.7 Å². The summed E-state index contributed by atoms with van der Waals surface area (Å²) in [6, 6.07) is 6.64. The second-order valence-electron chi connectivity index (χ2n) is 17.0. The number of benzene rings is 1. The number of rotatable bonds is 21. The van der Waals surface area contributed by atoms with Crippen molar-refractivity contribution < 1.29 is 38.3 Å². The van der Waals surface area contributed by atoms with E-state index in [1.807, 2.05) is 78.8 Å². The second kappa shape index (κ2) is 23.3. The summed E-state index contributed by atoms with van der Waals surface area (Å²) in [5, 5.41) is 10.5. The highest BCUT2D eigenvalue weighted by Gasteiger charge is 2.44. The molecule has 0 spiro atoms. The van der Waals surface area contributed by atoms with Crippen molar-refractivity contribution in [2.24, 2.45) is 23.7 Å². The number of carbonyl (C=O) groups is 5. The largest absolute Gasteiger partial charge is 0.379 e. The Bertz CT molecular complexity index is 1470. The number of likely N-dealkylation sites (N-methyl/N-ethyl adjacent to an activating group) is 2. The summed E-state index contributed by atoms with van der Waals surface area (Å²) < 4.78 is 12.1.